The summed E-state index contributed by atoms with van der Waals surface area (Å²) in [5.74, 6) is -3.70. The Kier molecular flexibility index (Phi) is 3.02. The number of fused-ring (bicyclic) bond motifs is 1. The molecule has 0 N–H and O–H groups in total. The number of aromatic nitrogens is 3. The molecule has 1 atom stereocenters. The second kappa shape index (κ2) is 4.49. The smallest absolute Gasteiger partial charge is 0.292 e. The van der Waals surface area contributed by atoms with Crippen LogP contribution in [0.3, 0.4) is 0 Å². The molecule has 0 radical (unpaired) electrons. The SMILES string of the molecule is COC1CN(c2cc(Cl)nn3c(F)cnc23)CC1(F)F. The lowest BCUT2D eigenvalue weighted by molar-refractivity contribution is -0.0889. The molecule has 1 aliphatic rings. The molecule has 1 unspecified atom stereocenters. The molecular weight excluding hydrogens is 297 g/mol. The Morgan fingerprint density at radius 1 is 1.50 bits per heavy atom. The number of methoxy groups -OCH3 is 1. The van der Waals surface area contributed by atoms with Gasteiger partial charge in [0.2, 0.25) is 5.95 Å². The average Bonchev–Trinajstić information content (AvgIpc) is 2.89. The molecule has 20 heavy (non-hydrogen) atoms. The van der Waals surface area contributed by atoms with Crippen LogP contribution in [-0.4, -0.2) is 46.8 Å². The Morgan fingerprint density at radius 3 is 2.90 bits per heavy atom. The molecule has 0 aliphatic carbocycles. The second-order valence-corrected chi connectivity index (χ2v) is 4.92. The highest BCUT2D eigenvalue weighted by Crippen LogP contribution is 2.35. The summed E-state index contributed by atoms with van der Waals surface area (Å²) in [5, 5.41) is 3.74. The fraction of sp³-hybridized carbons (Fsp3) is 0.455. The van der Waals surface area contributed by atoms with Crippen LogP contribution in [-0.2, 0) is 4.74 Å². The molecule has 1 saturated heterocycles. The van der Waals surface area contributed by atoms with Crippen molar-refractivity contribution in [2.75, 3.05) is 25.1 Å². The van der Waals surface area contributed by atoms with E-state index >= 15 is 0 Å². The van der Waals surface area contributed by atoms with Crippen LogP contribution >= 0.6 is 11.6 Å². The highest BCUT2D eigenvalue weighted by molar-refractivity contribution is 6.29. The number of rotatable bonds is 2. The van der Waals surface area contributed by atoms with Crippen molar-refractivity contribution in [3.8, 4) is 0 Å². The number of nitrogens with zero attached hydrogens (tertiary/aromatic N) is 4. The summed E-state index contributed by atoms with van der Waals surface area (Å²) in [7, 11) is 1.23. The van der Waals surface area contributed by atoms with E-state index in [2.05, 4.69) is 10.1 Å². The van der Waals surface area contributed by atoms with E-state index in [1.807, 2.05) is 0 Å². The Labute approximate surface area is 116 Å². The van der Waals surface area contributed by atoms with E-state index in [4.69, 9.17) is 16.3 Å². The molecule has 0 bridgehead atoms. The zero-order valence-electron chi connectivity index (χ0n) is 10.4. The van der Waals surface area contributed by atoms with Crippen molar-refractivity contribution in [3.63, 3.8) is 0 Å². The van der Waals surface area contributed by atoms with E-state index in [1.54, 1.807) is 0 Å². The number of alkyl halides is 2. The Morgan fingerprint density at radius 2 is 2.25 bits per heavy atom. The van der Waals surface area contributed by atoms with Crippen molar-refractivity contribution in [2.45, 2.75) is 12.0 Å². The first-order valence-electron chi connectivity index (χ1n) is 5.78. The summed E-state index contributed by atoms with van der Waals surface area (Å²) in [6, 6.07) is 1.39. The quantitative estimate of drug-likeness (QED) is 0.851. The van der Waals surface area contributed by atoms with Crippen LogP contribution in [0, 0.1) is 5.95 Å². The monoisotopic (exact) mass is 306 g/mol. The van der Waals surface area contributed by atoms with Crippen molar-refractivity contribution in [1.82, 2.24) is 14.6 Å². The van der Waals surface area contributed by atoms with E-state index in [1.165, 1.54) is 18.1 Å². The number of halogens is 4. The molecule has 1 fully saturated rings. The van der Waals surface area contributed by atoms with E-state index < -0.39 is 24.5 Å². The fourth-order valence-corrected chi connectivity index (χ4v) is 2.49. The topological polar surface area (TPSA) is 42.7 Å². The lowest BCUT2D eigenvalue weighted by atomic mass is 10.2. The minimum Gasteiger partial charge on any atom is -0.373 e. The van der Waals surface area contributed by atoms with Gasteiger partial charge in [-0.25, -0.2) is 13.8 Å². The highest BCUT2D eigenvalue weighted by atomic mass is 35.5. The molecule has 3 heterocycles. The number of ether oxygens (including phenoxy) is 1. The molecule has 0 saturated carbocycles. The summed E-state index contributed by atoms with van der Waals surface area (Å²) >= 11 is 5.80. The molecule has 3 rings (SSSR count). The molecule has 108 valence electrons. The Balaban J connectivity index is 2.07. The van der Waals surface area contributed by atoms with Gasteiger partial charge in [0, 0.05) is 13.2 Å². The zero-order valence-corrected chi connectivity index (χ0v) is 11.1. The van der Waals surface area contributed by atoms with E-state index in [0.717, 1.165) is 10.7 Å². The standard InChI is InChI=1S/C11H10ClF3N4O/c1-20-7-4-18(5-11(7,14)15)6-2-8(12)17-19-9(13)3-16-10(6)19/h2-3,7H,4-5H2,1H3. The zero-order chi connectivity index (χ0) is 14.5. The maximum absolute atomic E-state index is 13.7. The fourth-order valence-electron chi connectivity index (χ4n) is 2.31. The van der Waals surface area contributed by atoms with Crippen molar-refractivity contribution in [1.29, 1.82) is 0 Å². The van der Waals surface area contributed by atoms with Crippen LogP contribution in [0.25, 0.3) is 5.65 Å². The molecule has 2 aromatic heterocycles. The minimum atomic E-state index is -2.99. The number of imidazole rings is 1. The maximum Gasteiger partial charge on any atom is 0.292 e. The lowest BCUT2D eigenvalue weighted by Gasteiger charge is -2.18. The number of anilines is 1. The van der Waals surface area contributed by atoms with Gasteiger partial charge < -0.3 is 9.64 Å². The molecule has 5 nitrogen and oxygen atoms in total. The summed E-state index contributed by atoms with van der Waals surface area (Å²) < 4.78 is 46.6. The van der Waals surface area contributed by atoms with Gasteiger partial charge in [-0.15, -0.1) is 0 Å². The van der Waals surface area contributed by atoms with Crippen LogP contribution in [0.2, 0.25) is 5.15 Å². The first kappa shape index (κ1) is 13.4. The van der Waals surface area contributed by atoms with Gasteiger partial charge >= 0.3 is 0 Å². The number of hydrogen-bond donors (Lipinski definition) is 0. The third-order valence-electron chi connectivity index (χ3n) is 3.26. The third kappa shape index (κ3) is 1.99. The Hall–Kier alpha value is -1.54. The van der Waals surface area contributed by atoms with Crippen LogP contribution in [0.1, 0.15) is 0 Å². The second-order valence-electron chi connectivity index (χ2n) is 4.53. The summed E-state index contributed by atoms with van der Waals surface area (Å²) in [4.78, 5) is 5.21. The molecule has 0 aromatic carbocycles. The predicted octanol–water partition coefficient (Wildman–Crippen LogP) is 1.99. The van der Waals surface area contributed by atoms with Crippen molar-refractivity contribution >= 4 is 22.9 Å². The van der Waals surface area contributed by atoms with Crippen molar-refractivity contribution in [2.24, 2.45) is 0 Å². The summed E-state index contributed by atoms with van der Waals surface area (Å²) in [6.07, 6.45) is -0.265. The van der Waals surface area contributed by atoms with E-state index in [0.29, 0.717) is 5.69 Å². The Bertz CT molecular complexity index is 662. The van der Waals surface area contributed by atoms with E-state index in [-0.39, 0.29) is 17.3 Å². The maximum atomic E-state index is 13.7. The van der Waals surface area contributed by atoms with Crippen molar-refractivity contribution < 1.29 is 17.9 Å². The highest BCUT2D eigenvalue weighted by Gasteiger charge is 2.49. The van der Waals surface area contributed by atoms with Gasteiger partial charge in [-0.1, -0.05) is 11.6 Å². The summed E-state index contributed by atoms with van der Waals surface area (Å²) in [6.45, 7) is -0.579. The van der Waals surface area contributed by atoms with Gasteiger partial charge in [0.25, 0.3) is 5.92 Å². The summed E-state index contributed by atoms with van der Waals surface area (Å²) in [5.41, 5.74) is 0.438. The van der Waals surface area contributed by atoms with Gasteiger partial charge in [0.05, 0.1) is 25.0 Å². The first-order valence-corrected chi connectivity index (χ1v) is 6.15. The molecule has 0 amide bonds. The van der Waals surface area contributed by atoms with Crippen LogP contribution in [0.15, 0.2) is 12.3 Å². The van der Waals surface area contributed by atoms with Gasteiger partial charge in [-0.05, 0) is 0 Å². The van der Waals surface area contributed by atoms with Gasteiger partial charge in [-0.3, -0.25) is 0 Å². The molecule has 1 aliphatic heterocycles. The van der Waals surface area contributed by atoms with Crippen LogP contribution in [0.4, 0.5) is 18.9 Å². The van der Waals surface area contributed by atoms with Crippen molar-refractivity contribution in [3.05, 3.63) is 23.4 Å². The molecule has 2 aromatic rings. The molecular formula is C11H10ClF3N4O. The molecule has 9 heteroatoms. The largest absolute Gasteiger partial charge is 0.373 e. The van der Waals surface area contributed by atoms with Crippen LogP contribution < -0.4 is 4.90 Å². The normalized spacial score (nSPS) is 21.9. The third-order valence-corrected chi connectivity index (χ3v) is 3.45. The number of hydrogen-bond acceptors (Lipinski definition) is 4. The molecule has 0 spiro atoms. The minimum absolute atomic E-state index is 0.00594. The van der Waals surface area contributed by atoms with Gasteiger partial charge in [-0.2, -0.15) is 14.0 Å². The van der Waals surface area contributed by atoms with Crippen LogP contribution in [0.5, 0.6) is 0 Å². The van der Waals surface area contributed by atoms with Gasteiger partial charge in [0.15, 0.2) is 10.8 Å². The predicted molar refractivity (Wildman–Crippen MR) is 65.9 cm³/mol. The average molecular weight is 307 g/mol. The van der Waals surface area contributed by atoms with Gasteiger partial charge in [0.1, 0.15) is 6.10 Å². The lowest BCUT2D eigenvalue weighted by Crippen LogP contribution is -2.33. The first-order chi connectivity index (χ1) is 9.42. The van der Waals surface area contributed by atoms with E-state index in [9.17, 15) is 13.2 Å².